The molecule has 0 saturated heterocycles. The monoisotopic (exact) mass is 797 g/mol. The largest absolute Gasteiger partial charge is 0.309 e. The van der Waals surface area contributed by atoms with E-state index in [0.717, 1.165) is 42.9 Å². The summed E-state index contributed by atoms with van der Waals surface area (Å²) >= 11 is 0. The average molecular weight is 798 g/mol. The van der Waals surface area contributed by atoms with Crippen LogP contribution in [-0.4, -0.2) is 4.57 Å². The molecule has 3 saturated carbocycles. The number of fused-ring (bicyclic) bond motifs is 7. The second kappa shape index (κ2) is 14.3. The minimum Gasteiger partial charge on any atom is -0.309 e. The van der Waals surface area contributed by atoms with E-state index in [1.807, 2.05) is 0 Å². The Morgan fingerprint density at radius 3 is 1.76 bits per heavy atom. The summed E-state index contributed by atoms with van der Waals surface area (Å²) in [6.07, 6.45) is 8.96. The normalized spacial score (nSPS) is 22.1. The van der Waals surface area contributed by atoms with Gasteiger partial charge in [0.05, 0.1) is 11.0 Å². The van der Waals surface area contributed by atoms with Crippen LogP contribution in [-0.2, 0) is 12.8 Å². The molecule has 6 atom stereocenters. The van der Waals surface area contributed by atoms with E-state index in [4.69, 9.17) is 0 Å². The van der Waals surface area contributed by atoms with Crippen molar-refractivity contribution in [2.75, 3.05) is 0 Å². The molecule has 3 fully saturated rings. The van der Waals surface area contributed by atoms with Gasteiger partial charge in [0, 0.05) is 16.5 Å². The third-order valence-corrected chi connectivity index (χ3v) is 16.3. The van der Waals surface area contributed by atoms with Gasteiger partial charge < -0.3 is 4.57 Å². The van der Waals surface area contributed by atoms with Gasteiger partial charge in [-0.1, -0.05) is 164 Å². The van der Waals surface area contributed by atoms with Crippen molar-refractivity contribution in [2.45, 2.75) is 62.7 Å². The number of para-hydroxylation sites is 1. The van der Waals surface area contributed by atoms with Crippen LogP contribution < -0.4 is 0 Å². The van der Waals surface area contributed by atoms with Gasteiger partial charge >= 0.3 is 0 Å². The van der Waals surface area contributed by atoms with Gasteiger partial charge in [0.2, 0.25) is 0 Å². The molecule has 4 aliphatic carbocycles. The van der Waals surface area contributed by atoms with Crippen LogP contribution in [0.1, 0.15) is 77.7 Å². The van der Waals surface area contributed by atoms with Crippen LogP contribution in [0.3, 0.4) is 0 Å². The molecule has 0 aliphatic heterocycles. The predicted molar refractivity (Wildman–Crippen MR) is 258 cm³/mol. The maximum Gasteiger partial charge on any atom is 0.0547 e. The molecular weight excluding hydrogens is 747 g/mol. The molecule has 1 nitrogen and oxygen atoms in total. The highest BCUT2D eigenvalue weighted by Crippen LogP contribution is 2.82. The van der Waals surface area contributed by atoms with Crippen LogP contribution in [0.2, 0.25) is 0 Å². The lowest BCUT2D eigenvalue weighted by atomic mass is 9.36. The number of aryl methyl sites for hydroxylation is 1. The molecule has 1 heteroatoms. The Morgan fingerprint density at radius 2 is 1.05 bits per heavy atom. The average Bonchev–Trinajstić information content (AvgIpc) is 3.87. The number of nitrogens with zero attached hydrogens (tertiary/aromatic N) is 1. The quantitative estimate of drug-likeness (QED) is 0.130. The van der Waals surface area contributed by atoms with Crippen LogP contribution >= 0.6 is 0 Å². The number of hydrogen-bond acceptors (Lipinski definition) is 0. The lowest BCUT2D eigenvalue weighted by molar-refractivity contribution is -0.146. The van der Waals surface area contributed by atoms with Crippen LogP contribution in [0, 0.1) is 17.3 Å². The first-order valence-corrected chi connectivity index (χ1v) is 23.2. The molecule has 4 aliphatic rings. The second-order valence-electron chi connectivity index (χ2n) is 19.3. The fourth-order valence-electron chi connectivity index (χ4n) is 13.2. The van der Waals surface area contributed by atoms with E-state index < -0.39 is 0 Å². The fourth-order valence-corrected chi connectivity index (χ4v) is 13.2. The van der Waals surface area contributed by atoms with Crippen LogP contribution in [0.15, 0.2) is 194 Å². The lowest BCUT2D eigenvalue weighted by Gasteiger charge is -2.68. The van der Waals surface area contributed by atoms with Crippen molar-refractivity contribution in [3.63, 3.8) is 0 Å². The molecule has 13 rings (SSSR count). The summed E-state index contributed by atoms with van der Waals surface area (Å²) in [5.74, 6) is 3.96. The summed E-state index contributed by atoms with van der Waals surface area (Å²) in [6.45, 7) is 0. The van der Waals surface area contributed by atoms with E-state index >= 15 is 0 Å². The Kier molecular flexibility index (Phi) is 8.37. The third-order valence-electron chi connectivity index (χ3n) is 16.3. The molecule has 0 amide bonds. The van der Waals surface area contributed by atoms with Crippen molar-refractivity contribution in [3.05, 3.63) is 222 Å². The summed E-state index contributed by atoms with van der Waals surface area (Å²) in [5.41, 5.74) is 19.8. The fraction of sp³-hybridized carbons (Fsp3) is 0.213. The van der Waals surface area contributed by atoms with Crippen LogP contribution in [0.4, 0.5) is 0 Å². The van der Waals surface area contributed by atoms with Gasteiger partial charge in [0.25, 0.3) is 0 Å². The van der Waals surface area contributed by atoms with Gasteiger partial charge in [-0.2, -0.15) is 0 Å². The molecule has 1 heterocycles. The predicted octanol–water partition coefficient (Wildman–Crippen LogP) is 15.7. The highest BCUT2D eigenvalue weighted by atomic mass is 15.0. The molecule has 0 N–H and O–H groups in total. The van der Waals surface area contributed by atoms with Gasteiger partial charge in [-0.25, -0.2) is 0 Å². The summed E-state index contributed by atoms with van der Waals surface area (Å²) in [5, 5.41) is 2.81. The first kappa shape index (κ1) is 36.2. The van der Waals surface area contributed by atoms with Crippen molar-refractivity contribution in [3.8, 4) is 39.1 Å². The Balaban J connectivity index is 0.779. The molecule has 0 radical (unpaired) electrons. The number of hydrogen-bond donors (Lipinski definition) is 0. The summed E-state index contributed by atoms with van der Waals surface area (Å²) in [7, 11) is 0. The minimum absolute atomic E-state index is 0.426. The highest BCUT2D eigenvalue weighted by Gasteiger charge is 2.72. The zero-order valence-electron chi connectivity index (χ0n) is 35.3. The number of aromatic nitrogens is 1. The molecule has 1 spiro atoms. The van der Waals surface area contributed by atoms with E-state index in [2.05, 4.69) is 199 Å². The van der Waals surface area contributed by atoms with E-state index in [0.29, 0.717) is 11.3 Å². The summed E-state index contributed by atoms with van der Waals surface area (Å²) in [4.78, 5) is 0. The molecule has 62 heavy (non-hydrogen) atoms. The van der Waals surface area contributed by atoms with Gasteiger partial charge in [0.15, 0.2) is 0 Å². The van der Waals surface area contributed by atoms with Crippen LogP contribution in [0.5, 0.6) is 0 Å². The first-order chi connectivity index (χ1) is 30.7. The molecule has 8 aromatic carbocycles. The Labute approximate surface area is 365 Å². The topological polar surface area (TPSA) is 4.93 Å². The molecule has 2 bridgehead atoms. The number of rotatable bonds is 10. The Bertz CT molecular complexity index is 3090. The third kappa shape index (κ3) is 5.74. The van der Waals surface area contributed by atoms with Crippen molar-refractivity contribution in [1.29, 1.82) is 0 Å². The molecular formula is C61H51N. The van der Waals surface area contributed by atoms with E-state index in [1.54, 1.807) is 11.1 Å². The maximum atomic E-state index is 2.65. The van der Waals surface area contributed by atoms with E-state index in [9.17, 15) is 0 Å². The van der Waals surface area contributed by atoms with Crippen LogP contribution in [0.25, 0.3) is 60.9 Å². The van der Waals surface area contributed by atoms with Gasteiger partial charge in [-0.15, -0.1) is 0 Å². The summed E-state index contributed by atoms with van der Waals surface area (Å²) in [6, 6.07) is 73.1. The zero-order chi connectivity index (χ0) is 40.8. The molecule has 1 aromatic heterocycles. The Morgan fingerprint density at radius 1 is 0.468 bits per heavy atom. The SMILES string of the molecule is c1ccc(CC(CCc2ccc(-c3ccc4c5cc6c(cc5n(-c5ccccc5)c4c3)C3CC4CC5CC6C45C3)cc2)c2ccc(-c3ccc(-c4ccccc4)cc3)cc2)cc1. The molecule has 9 aromatic rings. The van der Waals surface area contributed by atoms with Crippen molar-refractivity contribution >= 4 is 21.8 Å². The smallest absolute Gasteiger partial charge is 0.0547 e. The van der Waals surface area contributed by atoms with Gasteiger partial charge in [0.1, 0.15) is 0 Å². The van der Waals surface area contributed by atoms with Gasteiger partial charge in [-0.05, 0) is 171 Å². The molecule has 300 valence electrons. The van der Waals surface area contributed by atoms with Crippen molar-refractivity contribution in [1.82, 2.24) is 4.57 Å². The standard InChI is InChI=1S/C61H51N/c1-4-10-41(11-5-1)32-48(47-28-26-45(27-29-47)44-24-22-43(23-25-44)42-12-6-2-7-13-42)21-18-40-16-19-46(20-17-40)49-30-31-54-57-37-56-55(50-33-51-35-52-36-58(56)61(51,52)39-50)38-60(57)62(59(54)34-49)53-14-8-3-9-15-53/h1-17,19-20,22-31,34,37-38,48,50-52,58H,18,21,32-33,35-36,39H2. The second-order valence-corrected chi connectivity index (χ2v) is 19.3. The number of benzene rings is 8. The van der Waals surface area contributed by atoms with E-state index in [1.165, 1.54) is 103 Å². The minimum atomic E-state index is 0.426. The first-order valence-electron chi connectivity index (χ1n) is 23.2. The lowest BCUT2D eigenvalue weighted by Crippen LogP contribution is -2.59. The zero-order valence-corrected chi connectivity index (χ0v) is 35.3. The van der Waals surface area contributed by atoms with Gasteiger partial charge in [-0.3, -0.25) is 0 Å². The summed E-state index contributed by atoms with van der Waals surface area (Å²) < 4.78 is 2.56. The van der Waals surface area contributed by atoms with E-state index in [-0.39, 0.29) is 0 Å². The van der Waals surface area contributed by atoms with Crippen molar-refractivity contribution in [2.24, 2.45) is 17.3 Å². The van der Waals surface area contributed by atoms with Crippen molar-refractivity contribution < 1.29 is 0 Å². The maximum absolute atomic E-state index is 2.65. The highest BCUT2D eigenvalue weighted by molar-refractivity contribution is 6.11. The molecule has 6 unspecified atom stereocenters. The Hall–Kier alpha value is -6.44.